The molecule has 4 heteroatoms. The van der Waals surface area contributed by atoms with Gasteiger partial charge in [0.25, 0.3) is 0 Å². The Morgan fingerprint density at radius 2 is 2.54 bits per heavy atom. The molecule has 13 heavy (non-hydrogen) atoms. The van der Waals surface area contributed by atoms with Crippen LogP contribution in [0.3, 0.4) is 0 Å². The topological polar surface area (TPSA) is 35.3 Å². The van der Waals surface area contributed by atoms with Gasteiger partial charge in [-0.15, -0.1) is 11.6 Å². The van der Waals surface area contributed by atoms with E-state index in [1.54, 1.807) is 6.20 Å². The Morgan fingerprint density at radius 3 is 3.23 bits per heavy atom. The Morgan fingerprint density at radius 1 is 1.62 bits per heavy atom. The fourth-order valence-corrected chi connectivity index (χ4v) is 1.63. The van der Waals surface area contributed by atoms with Crippen molar-refractivity contribution in [3.8, 4) is 0 Å². The van der Waals surface area contributed by atoms with E-state index in [2.05, 4.69) is 4.98 Å². The highest BCUT2D eigenvalue weighted by Crippen LogP contribution is 2.28. The van der Waals surface area contributed by atoms with Crippen LogP contribution in [0.25, 0.3) is 0 Å². The summed E-state index contributed by atoms with van der Waals surface area (Å²) in [6, 6.07) is 0. The summed E-state index contributed by atoms with van der Waals surface area (Å²) < 4.78 is 11.0. The van der Waals surface area contributed by atoms with Gasteiger partial charge in [0.2, 0.25) is 0 Å². The maximum atomic E-state index is 5.57. The minimum Gasteiger partial charge on any atom is -0.443 e. The Labute approximate surface area is 82.0 Å². The van der Waals surface area contributed by atoms with E-state index in [-0.39, 0.29) is 6.10 Å². The highest BCUT2D eigenvalue weighted by atomic mass is 35.5. The van der Waals surface area contributed by atoms with Crippen molar-refractivity contribution in [2.75, 3.05) is 12.5 Å². The van der Waals surface area contributed by atoms with Crippen LogP contribution in [0.1, 0.15) is 30.6 Å². The average molecular weight is 202 g/mol. The second-order valence-corrected chi connectivity index (χ2v) is 3.47. The Bertz CT molecular complexity index is 268. The van der Waals surface area contributed by atoms with Crippen LogP contribution < -0.4 is 0 Å². The van der Waals surface area contributed by atoms with Gasteiger partial charge in [-0.3, -0.25) is 0 Å². The Hall–Kier alpha value is -0.540. The summed E-state index contributed by atoms with van der Waals surface area (Å²) in [6.07, 6.45) is 4.70. The predicted molar refractivity (Wildman–Crippen MR) is 48.9 cm³/mol. The first-order chi connectivity index (χ1) is 6.40. The highest BCUT2D eigenvalue weighted by Gasteiger charge is 2.21. The number of aromatic nitrogens is 1. The number of ether oxygens (including phenoxy) is 1. The lowest BCUT2D eigenvalue weighted by Crippen LogP contribution is -1.92. The van der Waals surface area contributed by atoms with Crippen LogP contribution in [0.15, 0.2) is 10.6 Å². The first-order valence-electron chi connectivity index (χ1n) is 4.52. The molecule has 1 aromatic rings. The molecule has 1 fully saturated rings. The minimum atomic E-state index is 0.122. The van der Waals surface area contributed by atoms with Crippen LogP contribution in [-0.2, 0) is 11.2 Å². The van der Waals surface area contributed by atoms with Crippen molar-refractivity contribution in [2.45, 2.75) is 25.4 Å². The molecule has 1 aliphatic rings. The predicted octanol–water partition coefficient (Wildman–Crippen LogP) is 2.31. The highest BCUT2D eigenvalue weighted by molar-refractivity contribution is 6.17. The number of nitrogens with zero attached hydrogens (tertiary/aromatic N) is 1. The minimum absolute atomic E-state index is 0.122. The van der Waals surface area contributed by atoms with Gasteiger partial charge in [-0.1, -0.05) is 0 Å². The fraction of sp³-hybridized carbons (Fsp3) is 0.667. The largest absolute Gasteiger partial charge is 0.443 e. The number of hydrogen-bond acceptors (Lipinski definition) is 3. The fourth-order valence-electron chi connectivity index (χ4n) is 1.47. The molecule has 0 N–H and O–H groups in total. The molecule has 1 atom stereocenters. The smallest absolute Gasteiger partial charge is 0.195 e. The van der Waals surface area contributed by atoms with E-state index >= 15 is 0 Å². The van der Waals surface area contributed by atoms with Crippen LogP contribution in [-0.4, -0.2) is 17.5 Å². The number of halogens is 1. The second-order valence-electron chi connectivity index (χ2n) is 3.10. The lowest BCUT2D eigenvalue weighted by atomic mass is 10.2. The van der Waals surface area contributed by atoms with Crippen molar-refractivity contribution in [3.63, 3.8) is 0 Å². The average Bonchev–Trinajstić information content (AvgIpc) is 2.70. The van der Waals surface area contributed by atoms with E-state index in [1.807, 2.05) is 0 Å². The van der Waals surface area contributed by atoms with Crippen molar-refractivity contribution in [3.05, 3.63) is 17.8 Å². The van der Waals surface area contributed by atoms with Gasteiger partial charge in [0.1, 0.15) is 6.10 Å². The lowest BCUT2D eigenvalue weighted by molar-refractivity contribution is 0.0925. The van der Waals surface area contributed by atoms with Gasteiger partial charge < -0.3 is 9.15 Å². The first-order valence-corrected chi connectivity index (χ1v) is 5.06. The number of aryl methyl sites for hydroxylation is 1. The molecule has 0 amide bonds. The zero-order valence-electron chi connectivity index (χ0n) is 7.33. The first kappa shape index (κ1) is 9.03. The van der Waals surface area contributed by atoms with E-state index in [9.17, 15) is 0 Å². The lowest BCUT2D eigenvalue weighted by Gasteiger charge is -2.02. The van der Waals surface area contributed by atoms with Gasteiger partial charge in [0.15, 0.2) is 11.7 Å². The van der Waals surface area contributed by atoms with Crippen LogP contribution in [0.5, 0.6) is 0 Å². The van der Waals surface area contributed by atoms with Crippen molar-refractivity contribution in [1.82, 2.24) is 4.98 Å². The monoisotopic (exact) mass is 201 g/mol. The molecule has 0 radical (unpaired) electrons. The van der Waals surface area contributed by atoms with E-state index in [0.717, 1.165) is 25.2 Å². The summed E-state index contributed by atoms with van der Waals surface area (Å²) in [6.45, 7) is 0.830. The molecular weight excluding hydrogens is 190 g/mol. The van der Waals surface area contributed by atoms with Crippen LogP contribution in [0.2, 0.25) is 0 Å². The molecule has 1 saturated heterocycles. The summed E-state index contributed by atoms with van der Waals surface area (Å²) in [5.41, 5.74) is 0. The third-order valence-corrected chi connectivity index (χ3v) is 2.32. The van der Waals surface area contributed by atoms with E-state index < -0.39 is 0 Å². The molecule has 0 aromatic carbocycles. The van der Waals surface area contributed by atoms with Crippen molar-refractivity contribution in [2.24, 2.45) is 0 Å². The third-order valence-electron chi connectivity index (χ3n) is 2.13. The molecule has 1 aliphatic heterocycles. The molecule has 3 nitrogen and oxygen atoms in total. The zero-order chi connectivity index (χ0) is 9.10. The number of oxazole rings is 1. The molecule has 1 unspecified atom stereocenters. The molecule has 0 bridgehead atoms. The molecule has 2 rings (SSSR count). The molecule has 0 spiro atoms. The molecule has 72 valence electrons. The van der Waals surface area contributed by atoms with Crippen LogP contribution >= 0.6 is 11.6 Å². The third kappa shape index (κ3) is 2.03. The number of rotatable bonds is 3. The van der Waals surface area contributed by atoms with Crippen molar-refractivity contribution >= 4 is 11.6 Å². The van der Waals surface area contributed by atoms with Gasteiger partial charge in [-0.25, -0.2) is 4.98 Å². The van der Waals surface area contributed by atoms with Crippen LogP contribution in [0, 0.1) is 0 Å². The summed E-state index contributed by atoms with van der Waals surface area (Å²) in [5.74, 6) is 2.10. The van der Waals surface area contributed by atoms with E-state index in [0.29, 0.717) is 18.2 Å². The standard InChI is InChI=1S/C9H12ClNO2/c10-4-3-9-11-6-8(13-9)7-2-1-5-12-7/h6-7H,1-5H2. The van der Waals surface area contributed by atoms with Gasteiger partial charge >= 0.3 is 0 Å². The summed E-state index contributed by atoms with van der Waals surface area (Å²) >= 11 is 5.57. The Kier molecular flexibility index (Phi) is 2.86. The maximum Gasteiger partial charge on any atom is 0.195 e. The second kappa shape index (κ2) is 4.11. The van der Waals surface area contributed by atoms with Crippen molar-refractivity contribution in [1.29, 1.82) is 0 Å². The normalized spacial score (nSPS) is 22.4. The summed E-state index contributed by atoms with van der Waals surface area (Å²) in [5, 5.41) is 0. The number of hydrogen-bond donors (Lipinski definition) is 0. The summed E-state index contributed by atoms with van der Waals surface area (Å²) in [7, 11) is 0. The number of alkyl halides is 1. The molecule has 0 saturated carbocycles. The van der Waals surface area contributed by atoms with E-state index in [1.165, 1.54) is 0 Å². The Balaban J connectivity index is 2.03. The molecule has 0 aliphatic carbocycles. The quantitative estimate of drug-likeness (QED) is 0.704. The molecule has 2 heterocycles. The molecule has 1 aromatic heterocycles. The SMILES string of the molecule is ClCCc1ncc(C2CCCO2)o1. The van der Waals surface area contributed by atoms with Crippen LogP contribution in [0.4, 0.5) is 0 Å². The van der Waals surface area contributed by atoms with Gasteiger partial charge in [0.05, 0.1) is 6.20 Å². The molecular formula is C9H12ClNO2. The van der Waals surface area contributed by atoms with E-state index in [4.69, 9.17) is 20.8 Å². The van der Waals surface area contributed by atoms with Gasteiger partial charge in [0, 0.05) is 18.9 Å². The zero-order valence-corrected chi connectivity index (χ0v) is 8.09. The maximum absolute atomic E-state index is 5.57. The summed E-state index contributed by atoms with van der Waals surface area (Å²) in [4.78, 5) is 4.12. The van der Waals surface area contributed by atoms with Gasteiger partial charge in [-0.2, -0.15) is 0 Å². The van der Waals surface area contributed by atoms with Gasteiger partial charge in [-0.05, 0) is 12.8 Å². The van der Waals surface area contributed by atoms with Crippen molar-refractivity contribution < 1.29 is 9.15 Å².